The molecule has 2 heteroatoms. The first-order chi connectivity index (χ1) is 5.80. The van der Waals surface area contributed by atoms with Crippen molar-refractivity contribution >= 4 is 0 Å². The lowest BCUT2D eigenvalue weighted by molar-refractivity contribution is 0.237. The molecule has 0 aromatic rings. The zero-order chi connectivity index (χ0) is 9.40. The first kappa shape index (κ1) is 11.9. The van der Waals surface area contributed by atoms with Crippen LogP contribution in [-0.4, -0.2) is 37.1 Å². The van der Waals surface area contributed by atoms with Crippen LogP contribution < -0.4 is 5.32 Å². The number of hydrogen-bond donors (Lipinski definition) is 1. The standard InChI is InChI=1S/C8H18N2.C2H6/c1-8(2)10-6-3-4-9-5-7-10;1-2/h8-9H,3-7H2,1-2H3;1-2H3. The number of nitrogens with zero attached hydrogens (tertiary/aromatic N) is 1. The highest BCUT2D eigenvalue weighted by Gasteiger charge is 2.10. The Hall–Kier alpha value is -0.0800. The molecule has 1 N–H and O–H groups in total. The summed E-state index contributed by atoms with van der Waals surface area (Å²) in [6.07, 6.45) is 1.30. The molecule has 1 fully saturated rings. The van der Waals surface area contributed by atoms with Crippen LogP contribution in [0.4, 0.5) is 0 Å². The summed E-state index contributed by atoms with van der Waals surface area (Å²) >= 11 is 0. The molecule has 1 heterocycles. The molecule has 0 unspecified atom stereocenters. The van der Waals surface area contributed by atoms with Crippen molar-refractivity contribution in [2.45, 2.75) is 40.2 Å². The number of hydrogen-bond acceptors (Lipinski definition) is 2. The van der Waals surface area contributed by atoms with E-state index < -0.39 is 0 Å². The summed E-state index contributed by atoms with van der Waals surface area (Å²) in [7, 11) is 0. The second kappa shape index (κ2) is 7.56. The zero-order valence-electron chi connectivity index (χ0n) is 9.06. The van der Waals surface area contributed by atoms with Crippen molar-refractivity contribution in [3.8, 4) is 0 Å². The Morgan fingerprint density at radius 2 is 1.75 bits per heavy atom. The fraction of sp³-hybridized carbons (Fsp3) is 1.00. The van der Waals surface area contributed by atoms with Gasteiger partial charge in [-0.1, -0.05) is 13.8 Å². The largest absolute Gasteiger partial charge is 0.315 e. The van der Waals surface area contributed by atoms with Crippen LogP contribution in [0.15, 0.2) is 0 Å². The summed E-state index contributed by atoms with van der Waals surface area (Å²) in [4.78, 5) is 2.53. The summed E-state index contributed by atoms with van der Waals surface area (Å²) < 4.78 is 0. The van der Waals surface area contributed by atoms with Crippen LogP contribution in [0.2, 0.25) is 0 Å². The van der Waals surface area contributed by atoms with Gasteiger partial charge < -0.3 is 5.32 Å². The molecule has 0 atom stereocenters. The predicted octanol–water partition coefficient (Wildman–Crippen LogP) is 1.72. The van der Waals surface area contributed by atoms with E-state index in [9.17, 15) is 0 Å². The molecular weight excluding hydrogens is 148 g/mol. The molecule has 0 bridgehead atoms. The van der Waals surface area contributed by atoms with E-state index in [0.29, 0.717) is 0 Å². The molecular formula is C10H24N2. The van der Waals surface area contributed by atoms with Crippen LogP contribution in [0.25, 0.3) is 0 Å². The van der Waals surface area contributed by atoms with E-state index >= 15 is 0 Å². The molecule has 0 saturated carbocycles. The molecule has 1 rings (SSSR count). The molecule has 12 heavy (non-hydrogen) atoms. The lowest BCUT2D eigenvalue weighted by atomic mass is 10.3. The highest BCUT2D eigenvalue weighted by Crippen LogP contribution is 2.00. The van der Waals surface area contributed by atoms with Gasteiger partial charge in [-0.15, -0.1) is 0 Å². The third-order valence-corrected chi connectivity index (χ3v) is 2.10. The van der Waals surface area contributed by atoms with Gasteiger partial charge in [0.2, 0.25) is 0 Å². The number of rotatable bonds is 1. The Labute approximate surface area is 77.3 Å². The van der Waals surface area contributed by atoms with Gasteiger partial charge >= 0.3 is 0 Å². The maximum atomic E-state index is 3.39. The van der Waals surface area contributed by atoms with E-state index in [1.54, 1.807) is 0 Å². The summed E-state index contributed by atoms with van der Waals surface area (Å²) in [5.41, 5.74) is 0. The minimum Gasteiger partial charge on any atom is -0.315 e. The molecule has 2 nitrogen and oxygen atoms in total. The first-order valence-corrected chi connectivity index (χ1v) is 5.25. The second-order valence-electron chi connectivity index (χ2n) is 3.23. The van der Waals surface area contributed by atoms with Gasteiger partial charge in [0.25, 0.3) is 0 Å². The molecule has 1 aliphatic rings. The van der Waals surface area contributed by atoms with Gasteiger partial charge in [-0.2, -0.15) is 0 Å². The highest BCUT2D eigenvalue weighted by molar-refractivity contribution is 4.68. The lowest BCUT2D eigenvalue weighted by Gasteiger charge is -2.23. The quantitative estimate of drug-likeness (QED) is 0.648. The Morgan fingerprint density at radius 3 is 2.33 bits per heavy atom. The van der Waals surface area contributed by atoms with E-state index in [-0.39, 0.29) is 0 Å². The maximum absolute atomic E-state index is 3.39. The molecule has 74 valence electrons. The van der Waals surface area contributed by atoms with Crippen molar-refractivity contribution in [2.24, 2.45) is 0 Å². The van der Waals surface area contributed by atoms with Crippen LogP contribution in [-0.2, 0) is 0 Å². The molecule has 1 aliphatic heterocycles. The molecule has 0 radical (unpaired) electrons. The summed E-state index contributed by atoms with van der Waals surface area (Å²) in [5.74, 6) is 0. The van der Waals surface area contributed by atoms with Crippen molar-refractivity contribution in [1.29, 1.82) is 0 Å². The normalized spacial score (nSPS) is 19.8. The Balaban J connectivity index is 0.000000561. The minimum absolute atomic E-state index is 0.722. The van der Waals surface area contributed by atoms with Gasteiger partial charge in [0.15, 0.2) is 0 Å². The van der Waals surface area contributed by atoms with E-state index in [1.165, 1.54) is 26.1 Å². The van der Waals surface area contributed by atoms with Crippen molar-refractivity contribution < 1.29 is 0 Å². The molecule has 0 aromatic carbocycles. The first-order valence-electron chi connectivity index (χ1n) is 5.25. The van der Waals surface area contributed by atoms with Crippen molar-refractivity contribution in [2.75, 3.05) is 26.2 Å². The van der Waals surface area contributed by atoms with E-state index in [0.717, 1.165) is 12.6 Å². The molecule has 0 amide bonds. The summed E-state index contributed by atoms with van der Waals surface area (Å²) in [6, 6.07) is 0.722. The van der Waals surface area contributed by atoms with Crippen LogP contribution in [0.1, 0.15) is 34.1 Å². The van der Waals surface area contributed by atoms with Gasteiger partial charge in [0.05, 0.1) is 0 Å². The molecule has 0 aromatic heterocycles. The monoisotopic (exact) mass is 172 g/mol. The van der Waals surface area contributed by atoms with Gasteiger partial charge in [0, 0.05) is 19.1 Å². The Bertz CT molecular complexity index is 83.8. The average molecular weight is 172 g/mol. The third kappa shape index (κ3) is 4.73. The minimum atomic E-state index is 0.722. The van der Waals surface area contributed by atoms with Gasteiger partial charge in [-0.3, -0.25) is 4.90 Å². The summed E-state index contributed by atoms with van der Waals surface area (Å²) in [5, 5.41) is 3.39. The fourth-order valence-electron chi connectivity index (χ4n) is 1.38. The van der Waals surface area contributed by atoms with Gasteiger partial charge in [-0.25, -0.2) is 0 Å². The molecule has 0 spiro atoms. The topological polar surface area (TPSA) is 15.3 Å². The molecule has 0 aliphatic carbocycles. The highest BCUT2D eigenvalue weighted by atomic mass is 15.2. The van der Waals surface area contributed by atoms with Crippen LogP contribution >= 0.6 is 0 Å². The zero-order valence-corrected chi connectivity index (χ0v) is 9.06. The maximum Gasteiger partial charge on any atom is 0.0110 e. The van der Waals surface area contributed by atoms with E-state index in [2.05, 4.69) is 24.1 Å². The van der Waals surface area contributed by atoms with Crippen LogP contribution in [0.5, 0.6) is 0 Å². The Morgan fingerprint density at radius 1 is 1.08 bits per heavy atom. The van der Waals surface area contributed by atoms with Crippen LogP contribution in [0.3, 0.4) is 0 Å². The van der Waals surface area contributed by atoms with Crippen molar-refractivity contribution in [3.63, 3.8) is 0 Å². The Kier molecular flexibility index (Phi) is 7.51. The lowest BCUT2D eigenvalue weighted by Crippen LogP contribution is -2.33. The fourth-order valence-corrected chi connectivity index (χ4v) is 1.38. The third-order valence-electron chi connectivity index (χ3n) is 2.10. The van der Waals surface area contributed by atoms with Crippen LogP contribution in [0, 0.1) is 0 Å². The second-order valence-corrected chi connectivity index (χ2v) is 3.23. The van der Waals surface area contributed by atoms with E-state index in [1.807, 2.05) is 13.8 Å². The van der Waals surface area contributed by atoms with Gasteiger partial charge in [-0.05, 0) is 33.4 Å². The predicted molar refractivity (Wildman–Crippen MR) is 55.5 cm³/mol. The van der Waals surface area contributed by atoms with Gasteiger partial charge in [0.1, 0.15) is 0 Å². The summed E-state index contributed by atoms with van der Waals surface area (Å²) in [6.45, 7) is 13.4. The van der Waals surface area contributed by atoms with E-state index in [4.69, 9.17) is 0 Å². The van der Waals surface area contributed by atoms with Crippen molar-refractivity contribution in [1.82, 2.24) is 10.2 Å². The smallest absolute Gasteiger partial charge is 0.0110 e. The average Bonchev–Trinajstić information content (AvgIpc) is 2.35. The molecule has 1 saturated heterocycles. The van der Waals surface area contributed by atoms with Crippen molar-refractivity contribution in [3.05, 3.63) is 0 Å². The SMILES string of the molecule is CC.CC(C)N1CCCNCC1. The number of nitrogens with one attached hydrogen (secondary N) is 1.